The molecule has 5 nitrogen and oxygen atoms in total. The Kier molecular flexibility index (Phi) is 5.33. The van der Waals surface area contributed by atoms with Gasteiger partial charge in [-0.25, -0.2) is 0 Å². The van der Waals surface area contributed by atoms with Gasteiger partial charge in [0.2, 0.25) is 5.91 Å². The molecule has 2 aromatic carbocycles. The first-order chi connectivity index (χ1) is 13.7. The van der Waals surface area contributed by atoms with Gasteiger partial charge in [0.05, 0.1) is 7.11 Å². The lowest BCUT2D eigenvalue weighted by atomic mass is 9.82. The summed E-state index contributed by atoms with van der Waals surface area (Å²) in [4.78, 5) is 29.6. The molecule has 0 bridgehead atoms. The number of carbonyl (C=O) groups excluding carboxylic acids is 2. The van der Waals surface area contributed by atoms with Crippen molar-refractivity contribution in [1.29, 1.82) is 0 Å². The molecule has 146 valence electrons. The number of amides is 2. The molecule has 0 aromatic heterocycles. The van der Waals surface area contributed by atoms with Gasteiger partial charge in [0.25, 0.3) is 5.91 Å². The smallest absolute Gasteiger partial charge is 0.253 e. The van der Waals surface area contributed by atoms with Gasteiger partial charge in [0, 0.05) is 37.3 Å². The first-order valence-corrected chi connectivity index (χ1v) is 9.94. The highest BCUT2D eigenvalue weighted by Crippen LogP contribution is 2.34. The second-order valence-electron chi connectivity index (χ2n) is 7.66. The Morgan fingerprint density at radius 2 is 1.68 bits per heavy atom. The van der Waals surface area contributed by atoms with Crippen molar-refractivity contribution < 1.29 is 14.3 Å². The van der Waals surface area contributed by atoms with Crippen LogP contribution < -0.4 is 9.64 Å². The summed E-state index contributed by atoms with van der Waals surface area (Å²) in [6, 6.07) is 17.2. The molecule has 2 atom stereocenters. The Balaban J connectivity index is 1.45. The highest BCUT2D eigenvalue weighted by molar-refractivity contribution is 5.95. The van der Waals surface area contributed by atoms with Crippen molar-refractivity contribution in [2.24, 2.45) is 11.8 Å². The van der Waals surface area contributed by atoms with Crippen LogP contribution in [0.1, 0.15) is 29.6 Å². The lowest BCUT2D eigenvalue weighted by molar-refractivity contribution is -0.119. The maximum atomic E-state index is 12.9. The van der Waals surface area contributed by atoms with Crippen LogP contribution in [0.15, 0.2) is 54.6 Å². The number of para-hydroxylation sites is 1. The third-order valence-electron chi connectivity index (χ3n) is 6.04. The summed E-state index contributed by atoms with van der Waals surface area (Å²) in [7, 11) is 1.62. The van der Waals surface area contributed by atoms with E-state index in [0.29, 0.717) is 36.9 Å². The third kappa shape index (κ3) is 3.75. The van der Waals surface area contributed by atoms with Gasteiger partial charge in [0.15, 0.2) is 0 Å². The summed E-state index contributed by atoms with van der Waals surface area (Å²) >= 11 is 0. The van der Waals surface area contributed by atoms with Crippen LogP contribution in [0.5, 0.6) is 5.75 Å². The Bertz CT molecular complexity index is 835. The molecule has 28 heavy (non-hydrogen) atoms. The molecule has 0 unspecified atom stereocenters. The quantitative estimate of drug-likeness (QED) is 0.820. The van der Waals surface area contributed by atoms with Crippen LogP contribution in [0.4, 0.5) is 5.69 Å². The van der Waals surface area contributed by atoms with Crippen molar-refractivity contribution in [1.82, 2.24) is 4.90 Å². The maximum Gasteiger partial charge on any atom is 0.253 e. The first kappa shape index (κ1) is 18.5. The van der Waals surface area contributed by atoms with Crippen LogP contribution in [-0.2, 0) is 4.79 Å². The fourth-order valence-electron chi connectivity index (χ4n) is 4.41. The Morgan fingerprint density at radius 1 is 0.964 bits per heavy atom. The van der Waals surface area contributed by atoms with Gasteiger partial charge in [-0.15, -0.1) is 0 Å². The predicted octanol–water partition coefficient (Wildman–Crippen LogP) is 3.60. The van der Waals surface area contributed by atoms with Crippen molar-refractivity contribution in [3.63, 3.8) is 0 Å². The lowest BCUT2D eigenvalue weighted by Gasteiger charge is -2.37. The van der Waals surface area contributed by atoms with Crippen LogP contribution in [0.25, 0.3) is 0 Å². The zero-order valence-electron chi connectivity index (χ0n) is 16.2. The molecule has 2 aromatic rings. The molecule has 0 N–H and O–H groups in total. The van der Waals surface area contributed by atoms with E-state index in [2.05, 4.69) is 0 Å². The first-order valence-electron chi connectivity index (χ1n) is 9.94. The molecule has 0 aliphatic carbocycles. The fourth-order valence-corrected chi connectivity index (χ4v) is 4.41. The summed E-state index contributed by atoms with van der Waals surface area (Å²) in [5.41, 5.74) is 1.66. The third-order valence-corrected chi connectivity index (χ3v) is 6.04. The molecule has 0 radical (unpaired) electrons. The number of likely N-dealkylation sites (tertiary alicyclic amines) is 1. The Labute approximate surface area is 165 Å². The summed E-state index contributed by atoms with van der Waals surface area (Å²) in [6.45, 7) is 2.16. The Hall–Kier alpha value is -2.82. The summed E-state index contributed by atoms with van der Waals surface area (Å²) in [5.74, 6) is 1.75. The van der Waals surface area contributed by atoms with E-state index in [4.69, 9.17) is 4.74 Å². The summed E-state index contributed by atoms with van der Waals surface area (Å²) < 4.78 is 5.17. The van der Waals surface area contributed by atoms with Gasteiger partial charge >= 0.3 is 0 Å². The highest BCUT2D eigenvalue weighted by Gasteiger charge is 2.36. The van der Waals surface area contributed by atoms with Crippen LogP contribution in [0.3, 0.4) is 0 Å². The molecule has 2 fully saturated rings. The number of hydrogen-bond donors (Lipinski definition) is 0. The molecule has 2 aliphatic rings. The van der Waals surface area contributed by atoms with Crippen molar-refractivity contribution in [3.8, 4) is 5.75 Å². The summed E-state index contributed by atoms with van der Waals surface area (Å²) in [6.07, 6.45) is 2.39. The molecule has 2 saturated heterocycles. The molecule has 2 heterocycles. The largest absolute Gasteiger partial charge is 0.497 e. The molecule has 2 amide bonds. The van der Waals surface area contributed by atoms with E-state index in [9.17, 15) is 9.59 Å². The number of ether oxygens (including phenoxy) is 1. The minimum Gasteiger partial charge on any atom is -0.497 e. The van der Waals surface area contributed by atoms with E-state index in [1.807, 2.05) is 64.4 Å². The van der Waals surface area contributed by atoms with Crippen LogP contribution in [-0.4, -0.2) is 43.5 Å². The van der Waals surface area contributed by atoms with Crippen LogP contribution >= 0.6 is 0 Å². The minimum absolute atomic E-state index is 0.0663. The lowest BCUT2D eigenvalue weighted by Crippen LogP contribution is -2.43. The van der Waals surface area contributed by atoms with Gasteiger partial charge in [-0.05, 0) is 61.1 Å². The summed E-state index contributed by atoms with van der Waals surface area (Å²) in [5, 5.41) is 0. The molecule has 2 aliphatic heterocycles. The molecule has 4 rings (SSSR count). The number of nitrogens with zero attached hydrogens (tertiary/aromatic N) is 2. The normalized spacial score (nSPS) is 22.4. The van der Waals surface area contributed by atoms with Crippen molar-refractivity contribution in [2.45, 2.75) is 19.3 Å². The molecule has 0 saturated carbocycles. The Morgan fingerprint density at radius 3 is 2.39 bits per heavy atom. The number of fused-ring (bicyclic) bond motifs is 1. The van der Waals surface area contributed by atoms with Crippen molar-refractivity contribution >= 4 is 17.5 Å². The SMILES string of the molecule is COc1ccc(C(=O)N2CC[C@@H]3CC(=O)N(c4ccccc4)CC[C@H]3C2)cc1. The van der Waals surface area contributed by atoms with Crippen LogP contribution in [0, 0.1) is 11.8 Å². The zero-order valence-corrected chi connectivity index (χ0v) is 16.2. The van der Waals surface area contributed by atoms with Gasteiger partial charge in [-0.3, -0.25) is 9.59 Å². The van der Waals surface area contributed by atoms with E-state index in [1.165, 1.54) is 0 Å². The topological polar surface area (TPSA) is 49.9 Å². The molecule has 5 heteroatoms. The number of anilines is 1. The van der Waals surface area contributed by atoms with Gasteiger partial charge in [-0.1, -0.05) is 18.2 Å². The second-order valence-corrected chi connectivity index (χ2v) is 7.66. The number of piperidine rings is 1. The van der Waals surface area contributed by atoms with E-state index in [0.717, 1.165) is 30.8 Å². The van der Waals surface area contributed by atoms with Crippen molar-refractivity contribution in [2.75, 3.05) is 31.6 Å². The van der Waals surface area contributed by atoms with Gasteiger partial charge in [0.1, 0.15) is 5.75 Å². The van der Waals surface area contributed by atoms with Gasteiger partial charge < -0.3 is 14.5 Å². The average molecular weight is 378 g/mol. The number of methoxy groups -OCH3 is 1. The van der Waals surface area contributed by atoms with E-state index < -0.39 is 0 Å². The van der Waals surface area contributed by atoms with Crippen LogP contribution in [0.2, 0.25) is 0 Å². The molecular weight excluding hydrogens is 352 g/mol. The number of rotatable bonds is 3. The second kappa shape index (κ2) is 8.05. The average Bonchev–Trinajstić information content (AvgIpc) is 2.91. The standard InChI is InChI=1S/C23H26N2O3/c1-28-21-9-7-17(8-10-21)23(27)24-13-11-18-15-22(26)25(14-12-19(18)16-24)20-5-3-2-4-6-20/h2-10,18-19H,11-16H2,1H3/t18-,19+/m1/s1. The molecule has 0 spiro atoms. The predicted molar refractivity (Wildman–Crippen MR) is 109 cm³/mol. The number of carbonyl (C=O) groups is 2. The monoisotopic (exact) mass is 378 g/mol. The van der Waals surface area contributed by atoms with E-state index >= 15 is 0 Å². The highest BCUT2D eigenvalue weighted by atomic mass is 16.5. The minimum atomic E-state index is 0.0663. The van der Waals surface area contributed by atoms with E-state index in [1.54, 1.807) is 7.11 Å². The van der Waals surface area contributed by atoms with Crippen molar-refractivity contribution in [3.05, 3.63) is 60.2 Å². The number of benzene rings is 2. The van der Waals surface area contributed by atoms with Gasteiger partial charge in [-0.2, -0.15) is 0 Å². The fraction of sp³-hybridized carbons (Fsp3) is 0.391. The maximum absolute atomic E-state index is 12.9. The zero-order chi connectivity index (χ0) is 19.5. The number of hydrogen-bond acceptors (Lipinski definition) is 3. The molecular formula is C23H26N2O3. The van der Waals surface area contributed by atoms with E-state index in [-0.39, 0.29) is 11.8 Å².